The number of anilines is 1. The van der Waals surface area contributed by atoms with Crippen LogP contribution in [0.4, 0.5) is 5.69 Å². The maximum absolute atomic E-state index is 12.6. The molecule has 108 valence electrons. The Kier molecular flexibility index (Phi) is 4.70. The fourth-order valence-corrected chi connectivity index (χ4v) is 2.82. The Morgan fingerprint density at radius 2 is 2.20 bits per heavy atom. The van der Waals surface area contributed by atoms with Gasteiger partial charge in [0.2, 0.25) is 11.8 Å². The van der Waals surface area contributed by atoms with Gasteiger partial charge < -0.3 is 10.2 Å². The predicted molar refractivity (Wildman–Crippen MR) is 82.9 cm³/mol. The number of carbonyl (C=O) groups is 2. The second kappa shape index (κ2) is 6.14. The summed E-state index contributed by atoms with van der Waals surface area (Å²) in [6, 6.07) is 4.72. The van der Waals surface area contributed by atoms with Crippen molar-refractivity contribution >= 4 is 45.0 Å². The summed E-state index contributed by atoms with van der Waals surface area (Å²) in [5.41, 5.74) is 0.630. The molecule has 1 aromatic rings. The van der Waals surface area contributed by atoms with Crippen molar-refractivity contribution in [1.82, 2.24) is 5.32 Å². The van der Waals surface area contributed by atoms with E-state index in [-0.39, 0.29) is 24.3 Å². The Balaban J connectivity index is 2.37. The van der Waals surface area contributed by atoms with E-state index in [4.69, 9.17) is 11.6 Å². The number of benzene rings is 1. The Hall–Kier alpha value is -1.07. The van der Waals surface area contributed by atoms with Crippen molar-refractivity contribution in [3.8, 4) is 0 Å². The molecular formula is C14H16BrClN2O2. The molecule has 1 aromatic carbocycles. The van der Waals surface area contributed by atoms with Crippen LogP contribution in [0.1, 0.15) is 20.3 Å². The number of carbonyl (C=O) groups excluding carboxylic acids is 2. The minimum absolute atomic E-state index is 0.0186. The molecule has 2 amide bonds. The molecule has 2 atom stereocenters. The monoisotopic (exact) mass is 358 g/mol. The molecule has 1 heterocycles. The lowest BCUT2D eigenvalue weighted by Gasteiger charge is -2.35. The molecule has 1 N–H and O–H groups in total. The summed E-state index contributed by atoms with van der Waals surface area (Å²) in [5, 5.41) is 3.30. The normalized spacial score (nSPS) is 20.8. The zero-order chi connectivity index (χ0) is 14.9. The first-order valence-electron chi connectivity index (χ1n) is 6.49. The number of hydrogen-bond acceptors (Lipinski definition) is 2. The van der Waals surface area contributed by atoms with Gasteiger partial charge in [0.15, 0.2) is 0 Å². The van der Waals surface area contributed by atoms with E-state index in [9.17, 15) is 9.59 Å². The van der Waals surface area contributed by atoms with Crippen molar-refractivity contribution in [1.29, 1.82) is 0 Å². The van der Waals surface area contributed by atoms with Crippen LogP contribution in [0, 0.1) is 5.92 Å². The molecule has 0 saturated carbocycles. The summed E-state index contributed by atoms with van der Waals surface area (Å²) in [4.78, 5) is 25.9. The van der Waals surface area contributed by atoms with Crippen molar-refractivity contribution in [2.45, 2.75) is 26.3 Å². The summed E-state index contributed by atoms with van der Waals surface area (Å²) >= 11 is 9.39. The highest BCUT2D eigenvalue weighted by atomic mass is 79.9. The van der Waals surface area contributed by atoms with Crippen molar-refractivity contribution in [3.63, 3.8) is 0 Å². The SMILES string of the molecule is CCC(C)C1NC(=O)CN(c2cc(Cl)ccc2Br)C1=O. The molecule has 0 aromatic heterocycles. The van der Waals surface area contributed by atoms with Crippen LogP contribution in [0.25, 0.3) is 0 Å². The molecular weight excluding hydrogens is 344 g/mol. The van der Waals surface area contributed by atoms with Gasteiger partial charge in [-0.1, -0.05) is 31.9 Å². The maximum Gasteiger partial charge on any atom is 0.250 e. The van der Waals surface area contributed by atoms with Crippen LogP contribution in [0.15, 0.2) is 22.7 Å². The molecule has 1 fully saturated rings. The highest BCUT2D eigenvalue weighted by Crippen LogP contribution is 2.31. The first kappa shape index (κ1) is 15.3. The van der Waals surface area contributed by atoms with Crippen LogP contribution >= 0.6 is 27.5 Å². The minimum atomic E-state index is -0.480. The van der Waals surface area contributed by atoms with Gasteiger partial charge in [0, 0.05) is 9.50 Å². The lowest BCUT2D eigenvalue weighted by molar-refractivity contribution is -0.132. The van der Waals surface area contributed by atoms with Crippen molar-refractivity contribution in [2.24, 2.45) is 5.92 Å². The Morgan fingerprint density at radius 3 is 2.85 bits per heavy atom. The van der Waals surface area contributed by atoms with E-state index in [0.29, 0.717) is 10.7 Å². The second-order valence-electron chi connectivity index (χ2n) is 4.95. The van der Waals surface area contributed by atoms with Crippen LogP contribution in [-0.4, -0.2) is 24.4 Å². The lowest BCUT2D eigenvalue weighted by Crippen LogP contribution is -2.60. The molecule has 1 aliphatic heterocycles. The van der Waals surface area contributed by atoms with Crippen molar-refractivity contribution < 1.29 is 9.59 Å². The Morgan fingerprint density at radius 1 is 1.50 bits per heavy atom. The van der Waals surface area contributed by atoms with E-state index >= 15 is 0 Å². The number of piperazine rings is 1. The van der Waals surface area contributed by atoms with Crippen LogP contribution in [0.3, 0.4) is 0 Å². The van der Waals surface area contributed by atoms with Gasteiger partial charge in [0.25, 0.3) is 0 Å². The molecule has 0 aliphatic carbocycles. The third kappa shape index (κ3) is 2.99. The summed E-state index contributed by atoms with van der Waals surface area (Å²) < 4.78 is 0.743. The minimum Gasteiger partial charge on any atom is -0.342 e. The van der Waals surface area contributed by atoms with Crippen LogP contribution in [0.2, 0.25) is 5.02 Å². The Bertz CT molecular complexity index is 550. The van der Waals surface area contributed by atoms with Gasteiger partial charge >= 0.3 is 0 Å². The standard InChI is InChI=1S/C14H16BrClN2O2/c1-3-8(2)13-14(20)18(7-12(19)17-13)11-6-9(16)4-5-10(11)15/h4-6,8,13H,3,7H2,1-2H3,(H,17,19). The zero-order valence-electron chi connectivity index (χ0n) is 11.3. The third-order valence-electron chi connectivity index (χ3n) is 3.56. The van der Waals surface area contributed by atoms with Gasteiger partial charge in [-0.05, 0) is 40.0 Å². The van der Waals surface area contributed by atoms with E-state index in [1.807, 2.05) is 13.8 Å². The summed E-state index contributed by atoms with van der Waals surface area (Å²) in [6.07, 6.45) is 0.821. The van der Waals surface area contributed by atoms with Gasteiger partial charge in [-0.2, -0.15) is 0 Å². The molecule has 0 bridgehead atoms. The van der Waals surface area contributed by atoms with E-state index in [1.165, 1.54) is 4.90 Å². The summed E-state index contributed by atoms with van der Waals surface area (Å²) in [6.45, 7) is 3.97. The maximum atomic E-state index is 12.6. The van der Waals surface area contributed by atoms with Crippen LogP contribution in [0.5, 0.6) is 0 Å². The molecule has 0 radical (unpaired) electrons. The fraction of sp³-hybridized carbons (Fsp3) is 0.429. The highest BCUT2D eigenvalue weighted by Gasteiger charge is 2.36. The third-order valence-corrected chi connectivity index (χ3v) is 4.47. The molecule has 1 aliphatic rings. The van der Waals surface area contributed by atoms with Crippen molar-refractivity contribution in [3.05, 3.63) is 27.7 Å². The predicted octanol–water partition coefficient (Wildman–Crippen LogP) is 2.98. The second-order valence-corrected chi connectivity index (χ2v) is 6.24. The summed E-state index contributed by atoms with van der Waals surface area (Å²) in [7, 11) is 0. The number of nitrogens with zero attached hydrogens (tertiary/aromatic N) is 1. The molecule has 2 rings (SSSR count). The number of amides is 2. The molecule has 4 nitrogen and oxygen atoms in total. The Labute approximate surface area is 131 Å². The van der Waals surface area contributed by atoms with Gasteiger partial charge in [0.05, 0.1) is 5.69 Å². The fourth-order valence-electron chi connectivity index (χ4n) is 2.19. The number of rotatable bonds is 3. The van der Waals surface area contributed by atoms with E-state index < -0.39 is 6.04 Å². The molecule has 20 heavy (non-hydrogen) atoms. The average molecular weight is 360 g/mol. The first-order chi connectivity index (χ1) is 9.43. The smallest absolute Gasteiger partial charge is 0.250 e. The molecule has 0 spiro atoms. The molecule has 2 unspecified atom stereocenters. The first-order valence-corrected chi connectivity index (χ1v) is 7.67. The lowest BCUT2D eigenvalue weighted by atomic mass is 9.96. The van der Waals surface area contributed by atoms with Gasteiger partial charge in [-0.15, -0.1) is 0 Å². The number of hydrogen-bond donors (Lipinski definition) is 1. The zero-order valence-corrected chi connectivity index (χ0v) is 13.7. The number of nitrogens with one attached hydrogen (secondary N) is 1. The van der Waals surface area contributed by atoms with Gasteiger partial charge in [-0.3, -0.25) is 9.59 Å². The quantitative estimate of drug-likeness (QED) is 0.902. The van der Waals surface area contributed by atoms with E-state index in [2.05, 4.69) is 21.2 Å². The van der Waals surface area contributed by atoms with E-state index in [1.54, 1.807) is 18.2 Å². The number of halogens is 2. The topological polar surface area (TPSA) is 49.4 Å². The van der Waals surface area contributed by atoms with Gasteiger partial charge in [-0.25, -0.2) is 0 Å². The van der Waals surface area contributed by atoms with E-state index in [0.717, 1.165) is 10.9 Å². The largest absolute Gasteiger partial charge is 0.342 e. The molecule has 6 heteroatoms. The molecule has 1 saturated heterocycles. The highest BCUT2D eigenvalue weighted by molar-refractivity contribution is 9.10. The van der Waals surface area contributed by atoms with Gasteiger partial charge in [0.1, 0.15) is 12.6 Å². The van der Waals surface area contributed by atoms with Crippen molar-refractivity contribution in [2.75, 3.05) is 11.4 Å². The summed E-state index contributed by atoms with van der Waals surface area (Å²) in [5.74, 6) is -0.157. The van der Waals surface area contributed by atoms with Crippen LogP contribution < -0.4 is 10.2 Å². The average Bonchev–Trinajstić information content (AvgIpc) is 2.43. The van der Waals surface area contributed by atoms with Crippen LogP contribution in [-0.2, 0) is 9.59 Å².